The van der Waals surface area contributed by atoms with Gasteiger partial charge in [0, 0.05) is 11.1 Å². The van der Waals surface area contributed by atoms with E-state index in [1.807, 2.05) is 68.4 Å². The monoisotopic (exact) mass is 393 g/mol. The molecule has 1 heterocycles. The number of benzene rings is 2. The van der Waals surface area contributed by atoms with E-state index in [-0.39, 0.29) is 30.9 Å². The molecule has 1 aromatic heterocycles. The molecule has 2 N–H and O–H groups in total. The molecule has 2 aromatic carbocycles. The zero-order chi connectivity index (χ0) is 20.8. The van der Waals surface area contributed by atoms with Crippen LogP contribution in [0.5, 0.6) is 0 Å². The molecule has 0 saturated carbocycles. The summed E-state index contributed by atoms with van der Waals surface area (Å²) < 4.78 is 5.80. The van der Waals surface area contributed by atoms with Gasteiger partial charge >= 0.3 is 0 Å². The van der Waals surface area contributed by atoms with Gasteiger partial charge in [-0.3, -0.25) is 14.5 Å². The molecule has 3 aromatic rings. The Hall–Kier alpha value is -3.12. The third kappa shape index (κ3) is 5.45. The smallest absolute Gasteiger partial charge is 0.238 e. The molecule has 0 bridgehead atoms. The van der Waals surface area contributed by atoms with Crippen LogP contribution in [0.15, 0.2) is 59.0 Å². The first-order valence-electron chi connectivity index (χ1n) is 9.80. The molecule has 0 saturated heterocycles. The molecule has 0 unspecified atom stereocenters. The van der Waals surface area contributed by atoms with Crippen LogP contribution in [0.2, 0.25) is 0 Å². The van der Waals surface area contributed by atoms with Crippen LogP contribution in [0.25, 0.3) is 11.0 Å². The van der Waals surface area contributed by atoms with Crippen LogP contribution in [0.1, 0.15) is 31.2 Å². The second-order valence-corrected chi connectivity index (χ2v) is 7.21. The van der Waals surface area contributed by atoms with Crippen LogP contribution < -0.4 is 10.6 Å². The summed E-state index contributed by atoms with van der Waals surface area (Å²) in [5, 5.41) is 6.85. The number of nitrogens with zero attached hydrogens (tertiary/aromatic N) is 1. The number of carbonyl (C=O) groups excluding carboxylic acids is 2. The molecule has 0 fully saturated rings. The summed E-state index contributed by atoms with van der Waals surface area (Å²) in [5.41, 5.74) is 2.70. The maximum absolute atomic E-state index is 12.4. The van der Waals surface area contributed by atoms with Crippen molar-refractivity contribution in [1.82, 2.24) is 10.2 Å². The topological polar surface area (TPSA) is 74.6 Å². The molecule has 0 aliphatic carbocycles. The Morgan fingerprint density at radius 3 is 2.48 bits per heavy atom. The van der Waals surface area contributed by atoms with Crippen molar-refractivity contribution in [3.63, 3.8) is 0 Å². The van der Waals surface area contributed by atoms with Crippen molar-refractivity contribution < 1.29 is 14.0 Å². The van der Waals surface area contributed by atoms with Gasteiger partial charge in [0.25, 0.3) is 0 Å². The Balaban J connectivity index is 1.50. The highest BCUT2D eigenvalue weighted by molar-refractivity contribution is 5.93. The summed E-state index contributed by atoms with van der Waals surface area (Å²) in [4.78, 5) is 26.4. The number of nitrogens with one attached hydrogen (secondary N) is 2. The third-order valence-electron chi connectivity index (χ3n) is 4.75. The molecule has 0 aliphatic heterocycles. The predicted octanol–water partition coefficient (Wildman–Crippen LogP) is 3.74. The summed E-state index contributed by atoms with van der Waals surface area (Å²) in [6.45, 7) is 4.17. The number of furan rings is 1. The van der Waals surface area contributed by atoms with Crippen LogP contribution in [-0.2, 0) is 16.0 Å². The fraction of sp³-hybridized carbons (Fsp3) is 0.304. The average Bonchev–Trinajstić information content (AvgIpc) is 3.12. The minimum Gasteiger partial charge on any atom is -0.459 e. The number of likely N-dealkylation sites (N-methyl/N-ethyl adjacent to an activating group) is 1. The fourth-order valence-corrected chi connectivity index (χ4v) is 3.26. The van der Waals surface area contributed by atoms with E-state index in [0.29, 0.717) is 5.76 Å². The number of hydrogen-bond acceptors (Lipinski definition) is 4. The van der Waals surface area contributed by atoms with Crippen molar-refractivity contribution in [2.45, 2.75) is 26.3 Å². The van der Waals surface area contributed by atoms with Crippen molar-refractivity contribution in [3.8, 4) is 0 Å². The summed E-state index contributed by atoms with van der Waals surface area (Å²) in [6.07, 6.45) is 0.842. The SMILES string of the molecule is CCc1ccccc1NC(=O)CN(C)CC(=O)N[C@@H](C)c1cc2ccccc2o1. The van der Waals surface area contributed by atoms with E-state index in [1.165, 1.54) is 0 Å². The molecule has 6 heteroatoms. The molecule has 0 spiro atoms. The number of anilines is 1. The van der Waals surface area contributed by atoms with Crippen LogP contribution in [-0.4, -0.2) is 36.9 Å². The first-order valence-corrected chi connectivity index (χ1v) is 9.80. The van der Waals surface area contributed by atoms with Crippen molar-refractivity contribution in [2.24, 2.45) is 0 Å². The van der Waals surface area contributed by atoms with Gasteiger partial charge in [0.1, 0.15) is 11.3 Å². The maximum Gasteiger partial charge on any atom is 0.238 e. The van der Waals surface area contributed by atoms with Crippen molar-refractivity contribution in [3.05, 3.63) is 65.9 Å². The quantitative estimate of drug-likeness (QED) is 0.611. The second kappa shape index (κ2) is 9.39. The van der Waals surface area contributed by atoms with Gasteiger partial charge in [-0.15, -0.1) is 0 Å². The molecular formula is C23H27N3O3. The summed E-state index contributed by atoms with van der Waals surface area (Å²) >= 11 is 0. The number of rotatable bonds is 8. The zero-order valence-electron chi connectivity index (χ0n) is 17.1. The summed E-state index contributed by atoms with van der Waals surface area (Å²) in [5.74, 6) is 0.393. The number of fused-ring (bicyclic) bond motifs is 1. The molecule has 0 radical (unpaired) electrons. The van der Waals surface area contributed by atoms with Crippen LogP contribution >= 0.6 is 0 Å². The average molecular weight is 393 g/mol. The minimum absolute atomic E-state index is 0.118. The maximum atomic E-state index is 12.4. The normalized spacial score (nSPS) is 12.1. The fourth-order valence-electron chi connectivity index (χ4n) is 3.26. The van der Waals surface area contributed by atoms with Gasteiger partial charge in [0.05, 0.1) is 19.1 Å². The second-order valence-electron chi connectivity index (χ2n) is 7.21. The van der Waals surface area contributed by atoms with Gasteiger partial charge < -0.3 is 15.1 Å². The largest absolute Gasteiger partial charge is 0.459 e. The molecule has 1 atom stereocenters. The first kappa shape index (κ1) is 20.6. The van der Waals surface area contributed by atoms with Crippen molar-refractivity contribution >= 4 is 28.5 Å². The highest BCUT2D eigenvalue weighted by Gasteiger charge is 2.16. The number of hydrogen-bond donors (Lipinski definition) is 2. The Labute approximate surface area is 170 Å². The molecule has 6 nitrogen and oxygen atoms in total. The lowest BCUT2D eigenvalue weighted by Crippen LogP contribution is -2.39. The Morgan fingerprint density at radius 2 is 1.72 bits per heavy atom. The Morgan fingerprint density at radius 1 is 1.03 bits per heavy atom. The van der Waals surface area contributed by atoms with E-state index in [1.54, 1.807) is 11.9 Å². The minimum atomic E-state index is -0.256. The van der Waals surface area contributed by atoms with Gasteiger partial charge in [-0.05, 0) is 44.2 Å². The predicted molar refractivity (Wildman–Crippen MR) is 115 cm³/mol. The number of amides is 2. The van der Waals surface area contributed by atoms with Crippen LogP contribution in [0, 0.1) is 0 Å². The van der Waals surface area contributed by atoms with E-state index >= 15 is 0 Å². The zero-order valence-corrected chi connectivity index (χ0v) is 17.1. The van der Waals surface area contributed by atoms with Crippen LogP contribution in [0.3, 0.4) is 0 Å². The Bertz CT molecular complexity index is 963. The van der Waals surface area contributed by atoms with E-state index in [4.69, 9.17) is 4.42 Å². The van der Waals surface area contributed by atoms with Gasteiger partial charge in [-0.25, -0.2) is 0 Å². The molecule has 0 aliphatic rings. The molecule has 3 rings (SSSR count). The number of aryl methyl sites for hydroxylation is 1. The number of carbonyl (C=O) groups is 2. The third-order valence-corrected chi connectivity index (χ3v) is 4.75. The lowest BCUT2D eigenvalue weighted by Gasteiger charge is -2.18. The van der Waals surface area contributed by atoms with Gasteiger partial charge in [0.2, 0.25) is 11.8 Å². The van der Waals surface area contributed by atoms with Gasteiger partial charge in [0.15, 0.2) is 0 Å². The van der Waals surface area contributed by atoms with E-state index in [2.05, 4.69) is 10.6 Å². The molecular weight excluding hydrogens is 366 g/mol. The number of para-hydroxylation sites is 2. The summed E-state index contributed by atoms with van der Waals surface area (Å²) in [7, 11) is 1.75. The summed E-state index contributed by atoms with van der Waals surface area (Å²) in [6, 6.07) is 17.1. The highest BCUT2D eigenvalue weighted by Crippen LogP contribution is 2.23. The molecule has 152 valence electrons. The van der Waals surface area contributed by atoms with E-state index < -0.39 is 0 Å². The molecule has 29 heavy (non-hydrogen) atoms. The highest BCUT2D eigenvalue weighted by atomic mass is 16.3. The Kier molecular flexibility index (Phi) is 6.67. The van der Waals surface area contributed by atoms with Crippen LogP contribution in [0.4, 0.5) is 5.69 Å². The van der Waals surface area contributed by atoms with Crippen molar-refractivity contribution in [2.75, 3.05) is 25.5 Å². The lowest BCUT2D eigenvalue weighted by atomic mass is 10.1. The van der Waals surface area contributed by atoms with E-state index in [9.17, 15) is 9.59 Å². The lowest BCUT2D eigenvalue weighted by molar-refractivity contribution is -0.123. The van der Waals surface area contributed by atoms with Gasteiger partial charge in [-0.2, -0.15) is 0 Å². The molecule has 2 amide bonds. The standard InChI is InChI=1S/C23H27N3O3/c1-4-17-9-5-7-11-19(17)25-23(28)15-26(3)14-22(27)24-16(2)21-13-18-10-6-8-12-20(18)29-21/h5-13,16H,4,14-15H2,1-3H3,(H,24,27)(H,25,28)/t16-/m0/s1. The van der Waals surface area contributed by atoms with Crippen molar-refractivity contribution in [1.29, 1.82) is 0 Å². The van der Waals surface area contributed by atoms with E-state index in [0.717, 1.165) is 28.6 Å². The van der Waals surface area contributed by atoms with Gasteiger partial charge in [-0.1, -0.05) is 43.3 Å². The first-order chi connectivity index (χ1) is 14.0.